The summed E-state index contributed by atoms with van der Waals surface area (Å²) >= 11 is 0. The minimum Gasteiger partial charge on any atom is -0.225 e. The van der Waals surface area contributed by atoms with E-state index in [1.807, 2.05) is 26.6 Å². The predicted octanol–water partition coefficient (Wildman–Crippen LogP) is 1.49. The Kier molecular flexibility index (Phi) is 3.93. The Morgan fingerprint density at radius 2 is 1.67 bits per heavy atom. The quantitative estimate of drug-likeness (QED) is 0.658. The van der Waals surface area contributed by atoms with E-state index in [4.69, 9.17) is 0 Å². The highest BCUT2D eigenvalue weighted by molar-refractivity contribution is 7.89. The highest BCUT2D eigenvalue weighted by Crippen LogP contribution is 2.13. The van der Waals surface area contributed by atoms with Crippen LogP contribution >= 0.6 is 0 Å². The first-order valence-corrected chi connectivity index (χ1v) is 9.47. The van der Waals surface area contributed by atoms with Crippen molar-refractivity contribution in [2.45, 2.75) is 33.0 Å². The van der Waals surface area contributed by atoms with E-state index < -0.39 is 18.3 Å². The molecule has 0 rings (SSSR count). The van der Waals surface area contributed by atoms with Crippen molar-refractivity contribution in [3.05, 3.63) is 0 Å². The molecule has 12 heavy (non-hydrogen) atoms. The highest BCUT2D eigenvalue weighted by atomic mass is 32.2. The van der Waals surface area contributed by atoms with Gasteiger partial charge < -0.3 is 0 Å². The molecule has 0 saturated carbocycles. The Labute approximate surface area is 76.9 Å². The van der Waals surface area contributed by atoms with Gasteiger partial charge in [0, 0.05) is 6.54 Å². The number of hydrogen-bond donors (Lipinski definition) is 0. The van der Waals surface area contributed by atoms with Crippen molar-refractivity contribution in [2.24, 2.45) is 0 Å². The van der Waals surface area contributed by atoms with Crippen molar-refractivity contribution in [1.82, 2.24) is 3.97 Å². The molecule has 0 spiro atoms. The van der Waals surface area contributed by atoms with Gasteiger partial charge in [0.15, 0.2) is 0 Å². The summed E-state index contributed by atoms with van der Waals surface area (Å²) in [5, 5.41) is 0. The van der Waals surface area contributed by atoms with Gasteiger partial charge in [0.2, 0.25) is 10.0 Å². The van der Waals surface area contributed by atoms with Gasteiger partial charge in [-0.1, -0.05) is 26.6 Å². The number of sulfonamides is 1. The van der Waals surface area contributed by atoms with E-state index in [1.54, 1.807) is 3.97 Å². The maximum absolute atomic E-state index is 11.3. The van der Waals surface area contributed by atoms with Crippen molar-refractivity contribution in [1.29, 1.82) is 0 Å². The fraction of sp³-hybridized carbons (Fsp3) is 1.00. The van der Waals surface area contributed by atoms with E-state index in [-0.39, 0.29) is 0 Å². The lowest BCUT2D eigenvalue weighted by Crippen LogP contribution is -2.49. The summed E-state index contributed by atoms with van der Waals surface area (Å²) in [4.78, 5) is 0. The molecule has 0 aromatic carbocycles. The molecule has 0 radical (unpaired) electrons. The Morgan fingerprint density at radius 1 is 1.25 bits per heavy atom. The average Bonchev–Trinajstić information content (AvgIpc) is 1.77. The van der Waals surface area contributed by atoms with Gasteiger partial charge in [-0.2, -0.15) is 0 Å². The number of hydrogen-bond acceptors (Lipinski definition) is 2. The lowest BCUT2D eigenvalue weighted by atomic mass is 10.5. The summed E-state index contributed by atoms with van der Waals surface area (Å²) in [7, 11) is -4.69. The topological polar surface area (TPSA) is 37.4 Å². The van der Waals surface area contributed by atoms with Crippen molar-refractivity contribution < 1.29 is 8.42 Å². The van der Waals surface area contributed by atoms with E-state index in [0.717, 1.165) is 6.42 Å². The second-order valence-electron chi connectivity index (χ2n) is 4.01. The van der Waals surface area contributed by atoms with Crippen LogP contribution in [0.15, 0.2) is 0 Å². The van der Waals surface area contributed by atoms with Gasteiger partial charge in [0.1, 0.15) is 8.24 Å². The third-order valence-corrected chi connectivity index (χ3v) is 6.92. The zero-order valence-electron chi connectivity index (χ0n) is 8.59. The Bertz CT molecular complexity index is 230. The molecular weight excluding hydrogens is 190 g/mol. The fourth-order valence-corrected chi connectivity index (χ4v) is 6.59. The van der Waals surface area contributed by atoms with E-state index in [2.05, 4.69) is 0 Å². The normalized spacial score (nSPS) is 13.8. The van der Waals surface area contributed by atoms with Crippen LogP contribution in [0, 0.1) is 0 Å². The molecule has 0 fully saturated rings. The van der Waals surface area contributed by atoms with Crippen LogP contribution in [0.2, 0.25) is 19.6 Å². The zero-order chi connectivity index (χ0) is 9.99. The summed E-state index contributed by atoms with van der Waals surface area (Å²) in [6.45, 7) is 8.80. The van der Waals surface area contributed by atoms with Gasteiger partial charge >= 0.3 is 0 Å². The third-order valence-electron chi connectivity index (χ3n) is 1.58. The minimum absolute atomic E-state index is 0.661. The van der Waals surface area contributed by atoms with Crippen molar-refractivity contribution in [3.8, 4) is 0 Å². The van der Waals surface area contributed by atoms with Gasteiger partial charge in [-0.3, -0.25) is 0 Å². The Morgan fingerprint density at radius 3 is 1.75 bits per heavy atom. The van der Waals surface area contributed by atoms with E-state index in [0.29, 0.717) is 6.54 Å². The average molecular weight is 209 g/mol. The number of nitrogens with zero attached hydrogens (tertiary/aromatic N) is 1. The second kappa shape index (κ2) is 3.89. The molecule has 0 atom stereocenters. The molecule has 74 valence electrons. The maximum Gasteiger partial charge on any atom is 0.205 e. The van der Waals surface area contributed by atoms with Crippen molar-refractivity contribution >= 4 is 18.3 Å². The van der Waals surface area contributed by atoms with Crippen LogP contribution in [0.3, 0.4) is 0 Å². The van der Waals surface area contributed by atoms with Gasteiger partial charge in [0.25, 0.3) is 0 Å². The minimum atomic E-state index is -2.99. The first-order valence-electron chi connectivity index (χ1n) is 4.17. The summed E-state index contributed by atoms with van der Waals surface area (Å²) in [5.41, 5.74) is 0. The first kappa shape index (κ1) is 12.1. The first-order chi connectivity index (χ1) is 5.19. The standard InChI is InChI=1S/C7H19NO2SSi/c1-6-7-8(11(2,9)10)12(3,4)5/h6-7H2,1-5H3. The van der Waals surface area contributed by atoms with E-state index in [9.17, 15) is 8.42 Å². The molecule has 0 aliphatic rings. The van der Waals surface area contributed by atoms with E-state index in [1.165, 1.54) is 6.26 Å². The molecule has 0 unspecified atom stereocenters. The van der Waals surface area contributed by atoms with Gasteiger partial charge in [0.05, 0.1) is 6.26 Å². The van der Waals surface area contributed by atoms with Crippen LogP contribution in [0.25, 0.3) is 0 Å². The van der Waals surface area contributed by atoms with Crippen LogP contribution in [0.5, 0.6) is 0 Å². The molecular formula is C7H19NO2SSi. The van der Waals surface area contributed by atoms with Crippen LogP contribution in [0.4, 0.5) is 0 Å². The molecule has 0 amide bonds. The van der Waals surface area contributed by atoms with Crippen LogP contribution in [0.1, 0.15) is 13.3 Å². The fourth-order valence-electron chi connectivity index (χ4n) is 1.20. The molecule has 0 aliphatic carbocycles. The largest absolute Gasteiger partial charge is 0.225 e. The molecule has 0 N–H and O–H groups in total. The Hall–Kier alpha value is 0.127. The monoisotopic (exact) mass is 209 g/mol. The predicted molar refractivity (Wildman–Crippen MR) is 55.2 cm³/mol. The molecule has 0 heterocycles. The smallest absolute Gasteiger partial charge is 0.205 e. The molecule has 0 saturated heterocycles. The summed E-state index contributed by atoms with van der Waals surface area (Å²) in [6, 6.07) is 0. The molecule has 0 aliphatic heterocycles. The SMILES string of the molecule is CCCN([Si](C)(C)C)S(C)(=O)=O. The summed E-state index contributed by atoms with van der Waals surface area (Å²) in [6.07, 6.45) is 2.18. The van der Waals surface area contributed by atoms with Gasteiger partial charge in [-0.15, -0.1) is 0 Å². The molecule has 0 bridgehead atoms. The summed E-state index contributed by atoms with van der Waals surface area (Å²) in [5.74, 6) is 0. The van der Waals surface area contributed by atoms with Crippen LogP contribution in [-0.2, 0) is 10.0 Å². The van der Waals surface area contributed by atoms with E-state index >= 15 is 0 Å². The molecule has 0 aromatic heterocycles. The van der Waals surface area contributed by atoms with Crippen LogP contribution < -0.4 is 0 Å². The maximum atomic E-state index is 11.3. The van der Waals surface area contributed by atoms with Crippen molar-refractivity contribution in [2.75, 3.05) is 12.8 Å². The summed E-state index contributed by atoms with van der Waals surface area (Å²) < 4.78 is 24.3. The Balaban J connectivity index is 4.70. The van der Waals surface area contributed by atoms with Gasteiger partial charge in [-0.25, -0.2) is 12.4 Å². The zero-order valence-corrected chi connectivity index (χ0v) is 10.4. The molecule has 0 aromatic rings. The van der Waals surface area contributed by atoms with Gasteiger partial charge in [-0.05, 0) is 6.42 Å². The molecule has 5 heteroatoms. The number of rotatable bonds is 4. The second-order valence-corrected chi connectivity index (χ2v) is 11.1. The van der Waals surface area contributed by atoms with Crippen LogP contribution in [-0.4, -0.2) is 33.4 Å². The third kappa shape index (κ3) is 3.69. The highest BCUT2D eigenvalue weighted by Gasteiger charge is 2.30. The molecule has 3 nitrogen and oxygen atoms in total. The lowest BCUT2D eigenvalue weighted by Gasteiger charge is -2.31. The lowest BCUT2D eigenvalue weighted by molar-refractivity contribution is 0.526. The van der Waals surface area contributed by atoms with Crippen molar-refractivity contribution in [3.63, 3.8) is 0 Å².